The summed E-state index contributed by atoms with van der Waals surface area (Å²) in [5.41, 5.74) is -0.384. The molecule has 0 saturated carbocycles. The molecule has 0 aromatic heterocycles. The highest BCUT2D eigenvalue weighted by molar-refractivity contribution is 6.31. The molecule has 0 radical (unpaired) electrons. The van der Waals surface area contributed by atoms with E-state index < -0.39 is 17.7 Å². The second-order valence-corrected chi connectivity index (χ2v) is 8.46. The third-order valence-electron chi connectivity index (χ3n) is 6.16. The van der Waals surface area contributed by atoms with Gasteiger partial charge in [-0.15, -0.1) is 0 Å². The second-order valence-electron chi connectivity index (χ2n) is 8.05. The van der Waals surface area contributed by atoms with Crippen molar-refractivity contribution in [1.82, 2.24) is 15.1 Å². The first kappa shape index (κ1) is 21.2. The molecule has 1 aromatic rings. The van der Waals surface area contributed by atoms with E-state index in [-0.39, 0.29) is 67.2 Å². The van der Waals surface area contributed by atoms with Crippen LogP contribution in [0.1, 0.15) is 24.8 Å². The van der Waals surface area contributed by atoms with Crippen LogP contribution in [0.15, 0.2) is 18.2 Å². The lowest BCUT2D eigenvalue weighted by molar-refractivity contribution is -0.139. The van der Waals surface area contributed by atoms with Crippen LogP contribution < -0.4 is 5.32 Å². The summed E-state index contributed by atoms with van der Waals surface area (Å²) in [6.07, 6.45) is 0.753. The smallest absolute Gasteiger partial charge is 0.320 e. The number of urea groups is 1. The average Bonchev–Trinajstić information content (AvgIpc) is 2.72. The first-order valence-corrected chi connectivity index (χ1v) is 10.4. The molecule has 164 valence electrons. The van der Waals surface area contributed by atoms with Gasteiger partial charge in [-0.1, -0.05) is 11.6 Å². The molecule has 3 aliphatic heterocycles. The zero-order valence-electron chi connectivity index (χ0n) is 16.3. The van der Waals surface area contributed by atoms with Crippen LogP contribution in [0.25, 0.3) is 0 Å². The van der Waals surface area contributed by atoms with Crippen LogP contribution in [0.3, 0.4) is 0 Å². The lowest BCUT2D eigenvalue weighted by Gasteiger charge is -2.44. The third-order valence-corrected chi connectivity index (χ3v) is 6.48. The van der Waals surface area contributed by atoms with E-state index >= 15 is 0 Å². The van der Waals surface area contributed by atoms with E-state index in [4.69, 9.17) is 16.3 Å². The zero-order chi connectivity index (χ0) is 21.5. The molecule has 3 amide bonds. The van der Waals surface area contributed by atoms with Crippen LogP contribution in [0, 0.1) is 11.7 Å². The Morgan fingerprint density at radius 1 is 1.17 bits per heavy atom. The minimum absolute atomic E-state index is 0.0366. The third kappa shape index (κ3) is 4.09. The number of likely N-dealkylation sites (tertiary alicyclic amines) is 2. The maximum absolute atomic E-state index is 15.0. The molecule has 2 atom stereocenters. The Morgan fingerprint density at radius 2 is 1.87 bits per heavy atom. The van der Waals surface area contributed by atoms with E-state index in [1.54, 1.807) is 9.80 Å². The Balaban J connectivity index is 1.36. The van der Waals surface area contributed by atoms with Crippen molar-refractivity contribution < 1.29 is 27.5 Å². The summed E-state index contributed by atoms with van der Waals surface area (Å²) in [6.45, 7) is 1.28. The zero-order valence-corrected chi connectivity index (χ0v) is 17.0. The fourth-order valence-electron chi connectivity index (χ4n) is 4.49. The van der Waals surface area contributed by atoms with Crippen LogP contribution in [-0.2, 0) is 15.5 Å². The molecule has 10 heteroatoms. The number of carbonyl (C=O) groups is 2. The highest BCUT2D eigenvalue weighted by atomic mass is 35.5. The fourth-order valence-corrected chi connectivity index (χ4v) is 4.78. The summed E-state index contributed by atoms with van der Waals surface area (Å²) in [5.74, 6) is -5.06. The van der Waals surface area contributed by atoms with E-state index in [1.807, 2.05) is 0 Å². The molecule has 0 spiro atoms. The van der Waals surface area contributed by atoms with Crippen molar-refractivity contribution in [2.75, 3.05) is 32.8 Å². The minimum atomic E-state index is -3.21. The van der Waals surface area contributed by atoms with Gasteiger partial charge < -0.3 is 19.9 Å². The predicted octanol–water partition coefficient (Wildman–Crippen LogP) is 2.99. The standard InChI is InChI=1S/C20H23ClF3N3O3/c21-15-9-13(22)1-2-14(15)20(23,24)12-3-6-26(7-4-12)19(29)27-8-5-17-16(10-27)25-18(28)11-30-17/h1-2,9,12,16-17H,3-8,10-11H2,(H,25,28)/t16-,17+/m1/s1. The number of benzene rings is 1. The molecular formula is C20H23ClF3N3O3. The van der Waals surface area contributed by atoms with Gasteiger partial charge in [-0.3, -0.25) is 4.79 Å². The van der Waals surface area contributed by atoms with Crippen molar-refractivity contribution in [1.29, 1.82) is 0 Å². The Bertz CT molecular complexity index is 833. The van der Waals surface area contributed by atoms with E-state index in [0.717, 1.165) is 18.2 Å². The molecule has 1 N–H and O–H groups in total. The molecule has 3 fully saturated rings. The number of amides is 3. The second kappa shape index (κ2) is 8.26. The Labute approximate surface area is 177 Å². The number of rotatable bonds is 2. The number of carbonyl (C=O) groups excluding carboxylic acids is 2. The molecule has 4 rings (SSSR count). The highest BCUT2D eigenvalue weighted by Gasteiger charge is 2.45. The van der Waals surface area contributed by atoms with E-state index in [9.17, 15) is 22.8 Å². The number of alkyl halides is 2. The van der Waals surface area contributed by atoms with Gasteiger partial charge in [-0.2, -0.15) is 0 Å². The lowest BCUT2D eigenvalue weighted by Crippen LogP contribution is -2.62. The van der Waals surface area contributed by atoms with Crippen molar-refractivity contribution in [3.63, 3.8) is 0 Å². The largest absolute Gasteiger partial charge is 0.366 e. The van der Waals surface area contributed by atoms with Gasteiger partial charge in [0, 0.05) is 37.7 Å². The molecule has 3 heterocycles. The van der Waals surface area contributed by atoms with Crippen LogP contribution in [0.2, 0.25) is 5.02 Å². The van der Waals surface area contributed by atoms with Crippen LogP contribution in [0.5, 0.6) is 0 Å². The molecule has 0 aliphatic carbocycles. The molecule has 3 aliphatic rings. The Morgan fingerprint density at radius 3 is 2.57 bits per heavy atom. The van der Waals surface area contributed by atoms with Crippen LogP contribution >= 0.6 is 11.6 Å². The van der Waals surface area contributed by atoms with Crippen LogP contribution in [-0.4, -0.2) is 66.7 Å². The van der Waals surface area contributed by atoms with Crippen molar-refractivity contribution >= 4 is 23.5 Å². The number of halogens is 4. The SMILES string of the molecule is O=C1CO[C@H]2CCN(C(=O)N3CCC(C(F)(F)c4ccc(F)cc4Cl)CC3)C[C@H]2N1. The van der Waals surface area contributed by atoms with E-state index in [1.165, 1.54) is 0 Å². The quantitative estimate of drug-likeness (QED) is 0.761. The minimum Gasteiger partial charge on any atom is -0.366 e. The molecular weight excluding hydrogens is 423 g/mol. The Kier molecular flexibility index (Phi) is 5.85. The summed E-state index contributed by atoms with van der Waals surface area (Å²) in [4.78, 5) is 27.6. The lowest BCUT2D eigenvalue weighted by atomic mass is 9.86. The number of piperidine rings is 2. The van der Waals surface area contributed by atoms with Gasteiger partial charge in [0.05, 0.1) is 17.2 Å². The normalized spacial score (nSPS) is 25.7. The number of fused-ring (bicyclic) bond motifs is 1. The Hall–Kier alpha value is -2.00. The van der Waals surface area contributed by atoms with Crippen molar-refractivity contribution in [3.8, 4) is 0 Å². The number of ether oxygens (including phenoxy) is 1. The molecule has 0 unspecified atom stereocenters. The van der Waals surface area contributed by atoms with Crippen molar-refractivity contribution in [2.24, 2.45) is 5.92 Å². The molecule has 30 heavy (non-hydrogen) atoms. The molecule has 0 bridgehead atoms. The summed E-state index contributed by atoms with van der Waals surface area (Å²) in [5, 5.41) is 2.55. The van der Waals surface area contributed by atoms with E-state index in [0.29, 0.717) is 19.5 Å². The van der Waals surface area contributed by atoms with Crippen molar-refractivity contribution in [2.45, 2.75) is 37.3 Å². The highest BCUT2D eigenvalue weighted by Crippen LogP contribution is 2.44. The first-order valence-electron chi connectivity index (χ1n) is 10.0. The number of hydrogen-bond acceptors (Lipinski definition) is 3. The van der Waals surface area contributed by atoms with Gasteiger partial charge in [0.2, 0.25) is 5.91 Å². The maximum atomic E-state index is 15.0. The summed E-state index contributed by atoms with van der Waals surface area (Å²) >= 11 is 5.85. The number of morpholine rings is 1. The monoisotopic (exact) mass is 445 g/mol. The maximum Gasteiger partial charge on any atom is 0.320 e. The summed E-state index contributed by atoms with van der Waals surface area (Å²) in [6, 6.07) is 2.44. The fraction of sp³-hybridized carbons (Fsp3) is 0.600. The number of nitrogens with one attached hydrogen (secondary N) is 1. The van der Waals surface area contributed by atoms with Gasteiger partial charge >= 0.3 is 6.03 Å². The molecule has 1 aromatic carbocycles. The summed E-state index contributed by atoms with van der Waals surface area (Å²) < 4.78 is 48.6. The number of nitrogens with zero attached hydrogens (tertiary/aromatic N) is 2. The molecule has 3 saturated heterocycles. The van der Waals surface area contributed by atoms with Gasteiger partial charge in [-0.05, 0) is 37.5 Å². The van der Waals surface area contributed by atoms with Gasteiger partial charge in [0.15, 0.2) is 0 Å². The van der Waals surface area contributed by atoms with E-state index in [2.05, 4.69) is 5.32 Å². The average molecular weight is 446 g/mol. The van der Waals surface area contributed by atoms with Gasteiger partial charge in [0.25, 0.3) is 5.92 Å². The summed E-state index contributed by atoms with van der Waals surface area (Å²) in [7, 11) is 0. The first-order chi connectivity index (χ1) is 14.3. The predicted molar refractivity (Wildman–Crippen MR) is 103 cm³/mol. The number of hydrogen-bond donors (Lipinski definition) is 1. The molecule has 6 nitrogen and oxygen atoms in total. The van der Waals surface area contributed by atoms with Crippen molar-refractivity contribution in [3.05, 3.63) is 34.6 Å². The topological polar surface area (TPSA) is 61.9 Å². The van der Waals surface area contributed by atoms with Gasteiger partial charge in [-0.25, -0.2) is 18.0 Å². The van der Waals surface area contributed by atoms with Gasteiger partial charge in [0.1, 0.15) is 12.4 Å². The van der Waals surface area contributed by atoms with Crippen LogP contribution in [0.4, 0.5) is 18.0 Å².